The number of allylic oxidation sites excluding steroid dienone is 1. The van der Waals surface area contributed by atoms with E-state index in [4.69, 9.17) is 37.6 Å². The van der Waals surface area contributed by atoms with Gasteiger partial charge in [-0.15, -0.1) is 11.3 Å². The van der Waals surface area contributed by atoms with Gasteiger partial charge in [-0.05, 0) is 170 Å². The van der Waals surface area contributed by atoms with Crippen molar-refractivity contribution in [3.63, 3.8) is 0 Å². The van der Waals surface area contributed by atoms with Crippen molar-refractivity contribution in [2.24, 2.45) is 10.7 Å². The van der Waals surface area contributed by atoms with Crippen LogP contribution < -0.4 is 22.1 Å². The van der Waals surface area contributed by atoms with E-state index in [0.29, 0.717) is 27.9 Å². The zero-order chi connectivity index (χ0) is 59.6. The number of carboxylic acid groups (broad SMARTS) is 1. The largest absolute Gasteiger partial charge is 0.477 e. The number of pyridine rings is 1. The summed E-state index contributed by atoms with van der Waals surface area (Å²) in [6.07, 6.45) is 12.9. The van der Waals surface area contributed by atoms with Crippen LogP contribution in [-0.2, 0) is 9.47 Å². The van der Waals surface area contributed by atoms with Gasteiger partial charge in [0.05, 0.1) is 34.1 Å². The molecule has 2 aliphatic rings. The summed E-state index contributed by atoms with van der Waals surface area (Å²) in [5.41, 5.74) is 17.6. The van der Waals surface area contributed by atoms with Crippen molar-refractivity contribution < 1.29 is 29.0 Å². The topological polar surface area (TPSA) is 276 Å². The highest BCUT2D eigenvalue weighted by Crippen LogP contribution is 2.29. The minimum absolute atomic E-state index is 0.0623. The van der Waals surface area contributed by atoms with Gasteiger partial charge in [-0.25, -0.2) is 29.5 Å². The number of ether oxygens (including phenoxy) is 2. The molecule has 12 rings (SSSR count). The summed E-state index contributed by atoms with van der Waals surface area (Å²) in [7, 11) is 0. The van der Waals surface area contributed by atoms with Crippen LogP contribution in [0.15, 0.2) is 160 Å². The second kappa shape index (κ2) is 30.2. The Kier molecular flexibility index (Phi) is 22.9. The molecule has 0 saturated carbocycles. The molecular weight excluding hydrogens is 1340 g/mol. The summed E-state index contributed by atoms with van der Waals surface area (Å²) >= 11 is 15.9. The number of aromatic nitrogens is 8. The molecule has 1 saturated heterocycles. The number of aromatic amines is 1. The van der Waals surface area contributed by atoms with Gasteiger partial charge < -0.3 is 41.7 Å². The Labute approximate surface area is 517 Å². The second-order valence-electron chi connectivity index (χ2n) is 19.1. The van der Waals surface area contributed by atoms with E-state index < -0.39 is 17.7 Å². The van der Waals surface area contributed by atoms with Gasteiger partial charge in [-0.1, -0.05) is 62.2 Å². The highest BCUT2D eigenvalue weighted by Gasteiger charge is 2.20. The molecule has 0 radical (unpaired) electrons. The minimum atomic E-state index is -0.864. The number of anilines is 5. The van der Waals surface area contributed by atoms with Crippen LogP contribution >= 0.6 is 77.4 Å². The number of rotatable bonds is 7. The Morgan fingerprint density at radius 1 is 0.855 bits per heavy atom. The first-order chi connectivity index (χ1) is 39.7. The van der Waals surface area contributed by atoms with Gasteiger partial charge in [0.25, 0.3) is 0 Å². The summed E-state index contributed by atoms with van der Waals surface area (Å²) < 4.78 is 15.5. The van der Waals surface area contributed by atoms with E-state index in [9.17, 15) is 14.4 Å². The number of carbonyl (C=O) groups excluding carboxylic acids is 2. The van der Waals surface area contributed by atoms with Gasteiger partial charge in [0, 0.05) is 97.6 Å². The molecule has 19 nitrogen and oxygen atoms in total. The number of aromatic carboxylic acids is 1. The molecule has 6 aromatic heterocycles. The molecule has 1 fully saturated rings. The third kappa shape index (κ3) is 19.8. The number of fused-ring (bicyclic) bond motifs is 3. The van der Waals surface area contributed by atoms with Crippen molar-refractivity contribution in [3.05, 3.63) is 186 Å². The van der Waals surface area contributed by atoms with Gasteiger partial charge in [-0.3, -0.25) is 14.8 Å². The third-order valence-corrected chi connectivity index (χ3v) is 14.5. The number of thiophene rings is 1. The van der Waals surface area contributed by atoms with E-state index in [1.165, 1.54) is 27.2 Å². The number of nitrogens with zero attached hydrogens (tertiary/aromatic N) is 8. The molecule has 24 heteroatoms. The molecule has 428 valence electrons. The number of Topliss-reactive ketones (excluding diaryl/α,β-unsaturated/α-hetero) is 1. The lowest BCUT2D eigenvalue weighted by atomic mass is 10.1. The molecule has 0 bridgehead atoms. The van der Waals surface area contributed by atoms with Gasteiger partial charge >= 0.3 is 12.1 Å². The quantitative estimate of drug-likeness (QED) is 0.0491. The molecule has 0 aliphatic carbocycles. The number of carbonyl (C=O) groups is 3. The van der Waals surface area contributed by atoms with Crippen LogP contribution in [0.2, 0.25) is 5.28 Å². The average molecular weight is 1400 g/mol. The summed E-state index contributed by atoms with van der Waals surface area (Å²) in [5, 5.41) is 22.2. The maximum Gasteiger partial charge on any atom is 0.435 e. The maximum absolute atomic E-state index is 12.2. The Balaban J connectivity index is 0.000000151. The lowest BCUT2D eigenvalue weighted by Crippen LogP contribution is -2.27. The zero-order valence-corrected chi connectivity index (χ0v) is 52.4. The number of hydrogen-bond acceptors (Lipinski definition) is 17. The zero-order valence-electron chi connectivity index (χ0n) is 45.5. The number of H-pyrrole nitrogens is 1. The highest BCUT2D eigenvalue weighted by atomic mass is 127. The molecule has 0 spiro atoms. The predicted octanol–water partition coefficient (Wildman–Crippen LogP) is 14.5. The van der Waals surface area contributed by atoms with Crippen LogP contribution in [0.1, 0.15) is 65.7 Å². The van der Waals surface area contributed by atoms with Crippen LogP contribution in [0.5, 0.6) is 0 Å². The van der Waals surface area contributed by atoms with Crippen LogP contribution in [0.25, 0.3) is 37.5 Å². The number of carboxylic acids is 1. The van der Waals surface area contributed by atoms with Crippen molar-refractivity contribution in [1.82, 2.24) is 39.7 Å². The van der Waals surface area contributed by atoms with Crippen molar-refractivity contribution >= 4 is 168 Å². The molecule has 83 heavy (non-hydrogen) atoms. The fourth-order valence-electron chi connectivity index (χ4n) is 7.42. The van der Waals surface area contributed by atoms with Crippen molar-refractivity contribution in [1.29, 1.82) is 0 Å². The molecule has 2 aliphatic heterocycles. The molecule has 4 aromatic carbocycles. The van der Waals surface area contributed by atoms with E-state index in [2.05, 4.69) is 123 Å². The molecule has 1 atom stereocenters. The number of aliphatic imine (C=N–C) groups is 1. The van der Waals surface area contributed by atoms with Crippen molar-refractivity contribution in [2.75, 3.05) is 36.1 Å². The van der Waals surface area contributed by atoms with E-state index in [1.807, 2.05) is 107 Å². The number of nitrogens with one attached hydrogen (secondary N) is 3. The smallest absolute Gasteiger partial charge is 0.435 e. The molecule has 8 N–H and O–H groups in total. The summed E-state index contributed by atoms with van der Waals surface area (Å²) in [4.78, 5) is 61.7. The van der Waals surface area contributed by atoms with E-state index in [-0.39, 0.29) is 11.1 Å². The normalized spacial score (nSPS) is 13.1. The highest BCUT2D eigenvalue weighted by molar-refractivity contribution is 14.1. The van der Waals surface area contributed by atoms with Gasteiger partial charge in [-0.2, -0.15) is 9.78 Å². The summed E-state index contributed by atoms with van der Waals surface area (Å²) in [5.74, 6) is 1.34. The monoisotopic (exact) mass is 1400 g/mol. The second-order valence-corrected chi connectivity index (χ2v) is 23.5. The van der Waals surface area contributed by atoms with Gasteiger partial charge in [0.15, 0.2) is 5.78 Å². The van der Waals surface area contributed by atoms with E-state index in [1.54, 1.807) is 62.2 Å². The lowest BCUT2D eigenvalue weighted by molar-refractivity contribution is 0.0522. The van der Waals surface area contributed by atoms with Gasteiger partial charge in [0.2, 0.25) is 5.28 Å². The molecule has 8 heterocycles. The lowest BCUT2D eigenvalue weighted by Gasteiger charge is -2.19. The first-order valence-corrected chi connectivity index (χ1v) is 29.3. The Morgan fingerprint density at radius 2 is 1.55 bits per heavy atom. The molecule has 10 aromatic rings. The number of nitrogen functional groups attached to an aromatic ring is 1. The first-order valence-electron chi connectivity index (χ1n) is 25.4. The third-order valence-electron chi connectivity index (χ3n) is 11.4. The number of hydrogen-bond donors (Lipinski definition) is 6. The number of benzene rings is 4. The number of aryl methyl sites for hydroxylation is 1. The first kappa shape index (κ1) is 63.1. The predicted molar refractivity (Wildman–Crippen MR) is 347 cm³/mol. The maximum atomic E-state index is 12.2. The van der Waals surface area contributed by atoms with E-state index in [0.717, 1.165) is 93.8 Å². The van der Waals surface area contributed by atoms with Crippen LogP contribution in [0, 0.1) is 10.5 Å². The Bertz CT molecular complexity index is 3810. The number of nitrogens with two attached hydrogens (primary N) is 2. The van der Waals surface area contributed by atoms with Crippen molar-refractivity contribution in [3.8, 4) is 0 Å². The molecular formula is C59H57Br2ClIN13O6S. The number of ketones is 1. The van der Waals surface area contributed by atoms with Crippen LogP contribution in [-0.4, -0.2) is 100 Å². The van der Waals surface area contributed by atoms with E-state index >= 15 is 0 Å². The van der Waals surface area contributed by atoms with Crippen LogP contribution in [0.3, 0.4) is 0 Å². The van der Waals surface area contributed by atoms with Crippen molar-refractivity contribution in [2.45, 2.75) is 52.7 Å². The Hall–Kier alpha value is -7.52. The summed E-state index contributed by atoms with van der Waals surface area (Å²) in [6, 6.07) is 34.6. The minimum Gasteiger partial charge on any atom is -0.477 e. The fraction of sp³-hybridized carbons (Fsp3) is 0.186. The van der Waals surface area contributed by atoms with Crippen LogP contribution in [0.4, 0.5) is 33.5 Å². The average Bonchev–Trinajstić information content (AvgIpc) is 4.48. The molecule has 1 unspecified atom stereocenters. The standard InChI is InChI=1S/C16H16ClN5O2.C15H14N4.C10H8BrNO.C9H5BrO2S.C5H5IN2.C4H9NO/c1-16(2,3)24-15(23)22-12-5-4-11(8-10(12)9-19-22)20-13-6-7-18-14(17)21-13;1-11-17-9-7-15(18-11)19-14-4-2-12(3-5-14)13-6-8-16-10-13;1-6(13)9-4-7-2-3-8(11)5-10(7)12-9;10-6-2-1-5-3-8(9(11)12)13-7(5)4-6;6-4-3-8-2-1-5(4)7;5-4-1-2-6-3-4/h4-9H,1-3H3,(H,18,20,21);2-7,9-10H,8H2,1H3,(H,17,18,19);2-5,12H,1H3;1-4H,(H,11,12);1-3H,(H2,7,8);4H,1-3,5H2. The SMILES string of the molecule is CC(=O)c1cc2ccc(Br)cc2[nH]1.CC(C)(C)OC(=O)n1ncc2cc(Nc3ccnc(Cl)n3)ccc21.Cc1nccc(Nc2ccc(C3=CCN=C3)cc2)n1.NC1CCOC1.Nc1ccncc1I.O=C(O)c1cc2ccc(Br)cc2s1. The fourth-order valence-corrected chi connectivity index (χ4v) is 9.72. The Morgan fingerprint density at radius 3 is 2.16 bits per heavy atom. The summed E-state index contributed by atoms with van der Waals surface area (Å²) in [6.45, 7) is 11.3. The van der Waals surface area contributed by atoms with Gasteiger partial charge in [0.1, 0.15) is 27.9 Å². The number of halogens is 4. The molecule has 0 amide bonds.